The molecule has 0 aliphatic carbocycles. The molecule has 1 fully saturated rings. The second-order valence-corrected chi connectivity index (χ2v) is 9.20. The molecule has 1 saturated heterocycles. The van der Waals surface area contributed by atoms with Crippen molar-refractivity contribution in [2.45, 2.75) is 36.3 Å². The lowest BCUT2D eigenvalue weighted by molar-refractivity contribution is -0.140. The van der Waals surface area contributed by atoms with Crippen molar-refractivity contribution in [1.29, 1.82) is 0 Å². The lowest BCUT2D eigenvalue weighted by Crippen LogP contribution is -2.39. The lowest BCUT2D eigenvalue weighted by Gasteiger charge is -2.28. The summed E-state index contributed by atoms with van der Waals surface area (Å²) in [7, 11) is 1.57. The highest BCUT2D eigenvalue weighted by Gasteiger charge is 2.30. The maximum atomic E-state index is 14.3. The van der Waals surface area contributed by atoms with Crippen LogP contribution in [0.2, 0.25) is 0 Å². The number of halogens is 4. The summed E-state index contributed by atoms with van der Waals surface area (Å²) in [4.78, 5) is 1.05. The molecule has 192 valence electrons. The number of anilines is 2. The summed E-state index contributed by atoms with van der Waals surface area (Å²) >= 11 is 1.59. The van der Waals surface area contributed by atoms with Crippen LogP contribution in [-0.2, 0) is 11.3 Å². The van der Waals surface area contributed by atoms with Crippen LogP contribution in [0.5, 0.6) is 5.75 Å². The van der Waals surface area contributed by atoms with Crippen LogP contribution in [0, 0.1) is 11.8 Å². The van der Waals surface area contributed by atoms with Crippen LogP contribution in [0.15, 0.2) is 47.4 Å². The maximum absolute atomic E-state index is 14.3. The number of thioether (sulfide) groups is 1. The van der Waals surface area contributed by atoms with Gasteiger partial charge in [0.2, 0.25) is 0 Å². The fourth-order valence-electron chi connectivity index (χ4n) is 4.15. The summed E-state index contributed by atoms with van der Waals surface area (Å²) in [6, 6.07) is 11.9. The van der Waals surface area contributed by atoms with E-state index in [9.17, 15) is 17.6 Å². The third-order valence-electron chi connectivity index (χ3n) is 5.90. The van der Waals surface area contributed by atoms with E-state index >= 15 is 0 Å². The van der Waals surface area contributed by atoms with Gasteiger partial charge in [0, 0.05) is 22.6 Å². The Labute approximate surface area is 211 Å². The number of hydrogen-bond donors (Lipinski definition) is 2. The molecule has 0 bridgehead atoms. The molecular weight excluding hydrogens is 494 g/mol. The average molecular weight is 522 g/mol. The van der Waals surface area contributed by atoms with Gasteiger partial charge in [-0.25, -0.2) is 4.39 Å². The third kappa shape index (κ3) is 6.20. The van der Waals surface area contributed by atoms with Gasteiger partial charge in [-0.15, -0.1) is 11.8 Å². The van der Waals surface area contributed by atoms with E-state index in [2.05, 4.69) is 22.5 Å². The molecular formula is C26H27F4N3O2S. The maximum Gasteiger partial charge on any atom is 0.406 e. The second kappa shape index (κ2) is 11.4. The minimum Gasteiger partial charge on any atom is -0.495 e. The molecule has 10 heteroatoms. The molecule has 2 N–H and O–H groups in total. The predicted octanol–water partition coefficient (Wildman–Crippen LogP) is 5.94. The molecule has 0 radical (unpaired) electrons. The molecule has 36 heavy (non-hydrogen) atoms. The topological polar surface area (TPSA) is 47.4 Å². The first-order valence-electron chi connectivity index (χ1n) is 11.4. The smallest absolute Gasteiger partial charge is 0.406 e. The van der Waals surface area contributed by atoms with Gasteiger partial charge in [0.1, 0.15) is 18.5 Å². The first-order valence-corrected chi connectivity index (χ1v) is 12.6. The van der Waals surface area contributed by atoms with Crippen molar-refractivity contribution in [3.63, 3.8) is 0 Å². The summed E-state index contributed by atoms with van der Waals surface area (Å²) in [6.07, 6.45) is -3.19. The Balaban J connectivity index is 1.61. The number of hydrogen-bond acceptors (Lipinski definition) is 5. The lowest BCUT2D eigenvalue weighted by atomic mass is 10.1. The Hall–Kier alpha value is -3.03. The van der Waals surface area contributed by atoms with Crippen molar-refractivity contribution in [3.05, 3.63) is 48.2 Å². The SMILES string of the molecule is COc1cc(SC)ccc1NCC#Cc1cc2c(NC3CCOCC3F)cccc2n1CC(F)(F)F. The Morgan fingerprint density at radius 2 is 2.03 bits per heavy atom. The largest absolute Gasteiger partial charge is 0.495 e. The van der Waals surface area contributed by atoms with Gasteiger partial charge in [0.25, 0.3) is 0 Å². The minimum atomic E-state index is -4.43. The van der Waals surface area contributed by atoms with Crippen LogP contribution in [-0.4, -0.2) is 56.1 Å². The Kier molecular flexibility index (Phi) is 8.21. The number of methoxy groups -OCH3 is 1. The van der Waals surface area contributed by atoms with Crippen LogP contribution < -0.4 is 15.4 Å². The van der Waals surface area contributed by atoms with E-state index in [1.54, 1.807) is 43.1 Å². The van der Waals surface area contributed by atoms with Crippen LogP contribution in [0.3, 0.4) is 0 Å². The first-order chi connectivity index (χ1) is 17.3. The molecule has 2 aromatic carbocycles. The molecule has 0 spiro atoms. The average Bonchev–Trinajstić information content (AvgIpc) is 3.20. The Morgan fingerprint density at radius 3 is 2.75 bits per heavy atom. The van der Waals surface area contributed by atoms with E-state index in [1.165, 1.54) is 0 Å². The number of nitrogens with zero attached hydrogens (tertiary/aromatic N) is 1. The zero-order valence-corrected chi connectivity index (χ0v) is 20.7. The number of benzene rings is 2. The number of nitrogens with one attached hydrogen (secondary N) is 2. The van der Waals surface area contributed by atoms with Crippen molar-refractivity contribution < 1.29 is 27.0 Å². The van der Waals surface area contributed by atoms with E-state index in [0.717, 1.165) is 15.1 Å². The van der Waals surface area contributed by atoms with Gasteiger partial charge in [-0.1, -0.05) is 12.0 Å². The molecule has 2 heterocycles. The normalized spacial score (nSPS) is 17.9. The summed E-state index contributed by atoms with van der Waals surface area (Å²) in [6.45, 7) is -0.543. The van der Waals surface area contributed by atoms with E-state index in [1.807, 2.05) is 24.5 Å². The van der Waals surface area contributed by atoms with E-state index < -0.39 is 24.9 Å². The quantitative estimate of drug-likeness (QED) is 0.229. The molecule has 2 atom stereocenters. The van der Waals surface area contributed by atoms with E-state index in [-0.39, 0.29) is 18.8 Å². The summed E-state index contributed by atoms with van der Waals surface area (Å²) in [5.41, 5.74) is 1.92. The van der Waals surface area contributed by atoms with Gasteiger partial charge in [0.05, 0.1) is 43.2 Å². The fourth-order valence-corrected chi connectivity index (χ4v) is 4.58. The van der Waals surface area contributed by atoms with Crippen LogP contribution in [0.25, 0.3) is 10.9 Å². The molecule has 2 unspecified atom stereocenters. The monoisotopic (exact) mass is 521 g/mol. The van der Waals surface area contributed by atoms with Crippen molar-refractivity contribution in [2.75, 3.05) is 43.8 Å². The third-order valence-corrected chi connectivity index (χ3v) is 6.63. The highest BCUT2D eigenvalue weighted by molar-refractivity contribution is 7.98. The number of alkyl halides is 4. The Bertz CT molecular complexity index is 1270. The molecule has 1 aromatic heterocycles. The molecule has 0 amide bonds. The van der Waals surface area contributed by atoms with Gasteiger partial charge in [-0.2, -0.15) is 13.2 Å². The van der Waals surface area contributed by atoms with Crippen molar-refractivity contribution in [1.82, 2.24) is 4.57 Å². The zero-order valence-electron chi connectivity index (χ0n) is 19.9. The van der Waals surface area contributed by atoms with Crippen LogP contribution in [0.4, 0.5) is 28.9 Å². The summed E-state index contributed by atoms with van der Waals surface area (Å²) in [5.74, 6) is 6.45. The van der Waals surface area contributed by atoms with Crippen LogP contribution >= 0.6 is 11.8 Å². The van der Waals surface area contributed by atoms with Crippen LogP contribution in [0.1, 0.15) is 12.1 Å². The minimum absolute atomic E-state index is 0.00273. The fraction of sp³-hybridized carbons (Fsp3) is 0.385. The number of ether oxygens (including phenoxy) is 2. The highest BCUT2D eigenvalue weighted by atomic mass is 32.2. The van der Waals surface area contributed by atoms with Gasteiger partial charge in [0.15, 0.2) is 0 Å². The second-order valence-electron chi connectivity index (χ2n) is 8.32. The van der Waals surface area contributed by atoms with Crippen molar-refractivity contribution >= 4 is 34.0 Å². The number of aromatic nitrogens is 1. The summed E-state index contributed by atoms with van der Waals surface area (Å²) in [5, 5.41) is 6.88. The molecule has 1 aliphatic rings. The Morgan fingerprint density at radius 1 is 1.19 bits per heavy atom. The number of rotatable bonds is 7. The summed E-state index contributed by atoms with van der Waals surface area (Å²) < 4.78 is 66.3. The molecule has 5 nitrogen and oxygen atoms in total. The highest BCUT2D eigenvalue weighted by Crippen LogP contribution is 2.32. The van der Waals surface area contributed by atoms with Gasteiger partial charge in [-0.3, -0.25) is 0 Å². The predicted molar refractivity (Wildman–Crippen MR) is 136 cm³/mol. The first kappa shape index (κ1) is 26.0. The van der Waals surface area contributed by atoms with Crippen molar-refractivity contribution in [2.24, 2.45) is 0 Å². The van der Waals surface area contributed by atoms with Gasteiger partial charge in [-0.05, 0) is 55.0 Å². The van der Waals surface area contributed by atoms with Gasteiger partial charge < -0.3 is 24.7 Å². The zero-order chi connectivity index (χ0) is 25.7. The standard InChI is InChI=1S/C26H27F4N3O2S/c1-34-25-14-18(36-2)8-9-23(25)31-11-4-5-17-13-19-21(32-22-10-12-35-15-20(22)27)6-3-7-24(19)33(17)16-26(28,29)30/h3,6-9,13-14,20,22,31-32H,10-12,15-16H2,1-2H3. The molecule has 1 aliphatic heterocycles. The van der Waals surface area contributed by atoms with Gasteiger partial charge >= 0.3 is 6.18 Å². The molecule has 3 aromatic rings. The number of fused-ring (bicyclic) bond motifs is 1. The molecule has 0 saturated carbocycles. The molecule has 4 rings (SSSR count). The van der Waals surface area contributed by atoms with E-state index in [0.29, 0.717) is 35.4 Å². The van der Waals surface area contributed by atoms with E-state index in [4.69, 9.17) is 9.47 Å². The van der Waals surface area contributed by atoms with Crippen molar-refractivity contribution in [3.8, 4) is 17.6 Å².